The van der Waals surface area contributed by atoms with Crippen molar-refractivity contribution in [2.75, 3.05) is 5.32 Å². The van der Waals surface area contributed by atoms with Gasteiger partial charge >= 0.3 is 11.9 Å². The van der Waals surface area contributed by atoms with Crippen molar-refractivity contribution in [3.63, 3.8) is 0 Å². The van der Waals surface area contributed by atoms with Crippen LogP contribution >= 0.6 is 0 Å². The third-order valence-corrected chi connectivity index (χ3v) is 3.58. The summed E-state index contributed by atoms with van der Waals surface area (Å²) in [6, 6.07) is 16.6. The van der Waals surface area contributed by atoms with E-state index in [0.29, 0.717) is 6.54 Å². The Hall–Kier alpha value is -3.68. The smallest absolute Gasteiger partial charge is 0.414 e. The number of halogens is 1. The number of nitrogens with one attached hydrogen (secondary N) is 1. The Morgan fingerprint density at radius 1 is 1.07 bits per heavy atom. The third-order valence-electron chi connectivity index (χ3n) is 3.58. The lowest BCUT2D eigenvalue weighted by Crippen LogP contribution is -2.09. The molecule has 1 aromatic heterocycles. The second-order valence-electron chi connectivity index (χ2n) is 5.49. The van der Waals surface area contributed by atoms with Crippen LogP contribution in [-0.2, 0) is 23.2 Å². The summed E-state index contributed by atoms with van der Waals surface area (Å²) in [4.78, 5) is 22.6. The van der Waals surface area contributed by atoms with Gasteiger partial charge in [-0.05, 0) is 23.3 Å². The van der Waals surface area contributed by atoms with Gasteiger partial charge in [-0.15, -0.1) is 0 Å². The highest BCUT2D eigenvalue weighted by Crippen LogP contribution is 2.21. The predicted octanol–water partition coefficient (Wildman–Crippen LogP) is 2.99. The first-order chi connectivity index (χ1) is 12.9. The first-order valence-electron chi connectivity index (χ1n) is 7.90. The van der Waals surface area contributed by atoms with Crippen molar-refractivity contribution in [1.82, 2.24) is 9.55 Å². The third kappa shape index (κ3) is 5.67. The lowest BCUT2D eigenvalue weighted by atomic mass is 10.2. The Morgan fingerprint density at radius 3 is 2.33 bits per heavy atom. The van der Waals surface area contributed by atoms with E-state index in [1.54, 1.807) is 6.07 Å². The molecule has 0 spiro atoms. The first-order valence-corrected chi connectivity index (χ1v) is 7.90. The maximum atomic E-state index is 13.1. The largest absolute Gasteiger partial charge is 0.473 e. The van der Waals surface area contributed by atoms with Crippen molar-refractivity contribution in [3.05, 3.63) is 72.2 Å². The Bertz CT molecular complexity index is 914. The number of rotatable bonds is 4. The van der Waals surface area contributed by atoms with Crippen LogP contribution in [0, 0.1) is 5.82 Å². The normalized spacial score (nSPS) is 9.85. The lowest BCUT2D eigenvalue weighted by molar-refractivity contribution is -0.159. The maximum absolute atomic E-state index is 13.1. The molecule has 0 unspecified atom stereocenters. The molecule has 0 aliphatic carbocycles. The second kappa shape index (κ2) is 9.14. The predicted molar refractivity (Wildman–Crippen MR) is 97.6 cm³/mol. The van der Waals surface area contributed by atoms with E-state index in [1.165, 1.54) is 12.1 Å². The van der Waals surface area contributed by atoms with Crippen molar-refractivity contribution in [3.8, 4) is 11.3 Å². The number of carboxylic acids is 2. The molecule has 140 valence electrons. The molecule has 3 rings (SSSR count). The SMILES string of the molecule is Cn1c(-c2ccccc2)cnc1NCc1cccc(F)c1.O=C(O)C(=O)O. The topological polar surface area (TPSA) is 104 Å². The number of imidazole rings is 1. The monoisotopic (exact) mass is 371 g/mol. The van der Waals surface area contributed by atoms with Gasteiger partial charge in [0.1, 0.15) is 5.82 Å². The number of hydrogen-bond acceptors (Lipinski definition) is 4. The van der Waals surface area contributed by atoms with Crippen LogP contribution in [0.5, 0.6) is 0 Å². The highest BCUT2D eigenvalue weighted by molar-refractivity contribution is 6.27. The van der Waals surface area contributed by atoms with Gasteiger partial charge < -0.3 is 20.1 Å². The standard InChI is InChI=1S/C17H16FN3.C2H2O4/c1-21-16(14-7-3-2-4-8-14)12-20-17(21)19-11-13-6-5-9-15(18)10-13;3-1(4)2(5)6/h2-10,12H,11H2,1H3,(H,19,20);(H,3,4)(H,5,6). The number of carbonyl (C=O) groups is 2. The molecule has 2 aromatic carbocycles. The van der Waals surface area contributed by atoms with Crippen LogP contribution in [0.1, 0.15) is 5.56 Å². The number of nitrogens with zero attached hydrogens (tertiary/aromatic N) is 2. The molecule has 3 N–H and O–H groups in total. The Morgan fingerprint density at radius 2 is 1.74 bits per heavy atom. The number of hydrogen-bond donors (Lipinski definition) is 3. The van der Waals surface area contributed by atoms with E-state index in [1.807, 2.05) is 54.2 Å². The number of carboxylic acid groups (broad SMARTS) is 2. The minimum absolute atomic E-state index is 0.223. The molecular formula is C19H18FN3O4. The number of aliphatic carboxylic acids is 2. The van der Waals surface area contributed by atoms with Gasteiger partial charge in [-0.2, -0.15) is 0 Å². The molecule has 0 fully saturated rings. The van der Waals surface area contributed by atoms with Crippen LogP contribution in [0.2, 0.25) is 0 Å². The number of aromatic nitrogens is 2. The van der Waals surface area contributed by atoms with E-state index < -0.39 is 11.9 Å². The Kier molecular flexibility index (Phi) is 6.65. The van der Waals surface area contributed by atoms with Crippen LogP contribution in [0.4, 0.5) is 10.3 Å². The van der Waals surface area contributed by atoms with Crippen molar-refractivity contribution in [2.45, 2.75) is 6.54 Å². The molecule has 7 nitrogen and oxygen atoms in total. The van der Waals surface area contributed by atoms with Gasteiger partial charge in [0.15, 0.2) is 0 Å². The van der Waals surface area contributed by atoms with E-state index in [-0.39, 0.29) is 5.82 Å². The summed E-state index contributed by atoms with van der Waals surface area (Å²) in [7, 11) is 1.96. The zero-order valence-corrected chi connectivity index (χ0v) is 14.5. The van der Waals surface area contributed by atoms with E-state index in [0.717, 1.165) is 22.8 Å². The maximum Gasteiger partial charge on any atom is 0.414 e. The summed E-state index contributed by atoms with van der Waals surface area (Å²) in [6.07, 6.45) is 1.84. The summed E-state index contributed by atoms with van der Waals surface area (Å²) in [5.74, 6) is -3.11. The summed E-state index contributed by atoms with van der Waals surface area (Å²) >= 11 is 0. The molecule has 0 radical (unpaired) electrons. The molecular weight excluding hydrogens is 353 g/mol. The molecule has 0 bridgehead atoms. The molecule has 3 aromatic rings. The first kappa shape index (κ1) is 19.6. The van der Waals surface area contributed by atoms with Gasteiger partial charge in [-0.1, -0.05) is 42.5 Å². The molecule has 0 amide bonds. The Balaban J connectivity index is 0.000000380. The molecule has 0 aliphatic heterocycles. The minimum atomic E-state index is -1.82. The Labute approximate surface area is 154 Å². The fourth-order valence-corrected chi connectivity index (χ4v) is 2.28. The fourth-order valence-electron chi connectivity index (χ4n) is 2.28. The molecule has 0 aliphatic rings. The quantitative estimate of drug-likeness (QED) is 0.609. The van der Waals surface area contributed by atoms with Gasteiger partial charge in [0, 0.05) is 13.6 Å². The summed E-state index contributed by atoms with van der Waals surface area (Å²) < 4.78 is 15.1. The zero-order valence-electron chi connectivity index (χ0n) is 14.5. The van der Waals surface area contributed by atoms with Crippen LogP contribution in [0.25, 0.3) is 11.3 Å². The highest BCUT2D eigenvalue weighted by atomic mass is 19.1. The van der Waals surface area contributed by atoms with Crippen LogP contribution in [0.3, 0.4) is 0 Å². The molecule has 1 heterocycles. The van der Waals surface area contributed by atoms with Gasteiger partial charge in [-0.3, -0.25) is 0 Å². The minimum Gasteiger partial charge on any atom is -0.473 e. The van der Waals surface area contributed by atoms with E-state index in [2.05, 4.69) is 10.3 Å². The van der Waals surface area contributed by atoms with Crippen molar-refractivity contribution in [2.24, 2.45) is 7.05 Å². The summed E-state index contributed by atoms with van der Waals surface area (Å²) in [5, 5.41) is 18.0. The zero-order chi connectivity index (χ0) is 19.8. The van der Waals surface area contributed by atoms with E-state index in [4.69, 9.17) is 19.8 Å². The van der Waals surface area contributed by atoms with Gasteiger partial charge in [-0.25, -0.2) is 19.0 Å². The van der Waals surface area contributed by atoms with Crippen molar-refractivity contribution < 1.29 is 24.2 Å². The molecule has 0 saturated carbocycles. The van der Waals surface area contributed by atoms with Crippen molar-refractivity contribution in [1.29, 1.82) is 0 Å². The van der Waals surface area contributed by atoms with Crippen LogP contribution in [-0.4, -0.2) is 31.7 Å². The van der Waals surface area contributed by atoms with Gasteiger partial charge in [0.25, 0.3) is 0 Å². The fraction of sp³-hybridized carbons (Fsp3) is 0.105. The van der Waals surface area contributed by atoms with Crippen LogP contribution < -0.4 is 5.32 Å². The number of anilines is 1. The summed E-state index contributed by atoms with van der Waals surface area (Å²) in [6.45, 7) is 0.539. The van der Waals surface area contributed by atoms with Crippen LogP contribution in [0.15, 0.2) is 60.8 Å². The molecule has 27 heavy (non-hydrogen) atoms. The molecule has 0 saturated heterocycles. The average molecular weight is 371 g/mol. The average Bonchev–Trinajstić information content (AvgIpc) is 3.02. The second-order valence-corrected chi connectivity index (χ2v) is 5.49. The van der Waals surface area contributed by atoms with Crippen molar-refractivity contribution >= 4 is 17.9 Å². The summed E-state index contributed by atoms with van der Waals surface area (Å²) in [5.41, 5.74) is 3.04. The van der Waals surface area contributed by atoms with E-state index in [9.17, 15) is 4.39 Å². The van der Waals surface area contributed by atoms with Gasteiger partial charge in [0.2, 0.25) is 5.95 Å². The molecule has 8 heteroatoms. The lowest BCUT2D eigenvalue weighted by Gasteiger charge is -2.08. The van der Waals surface area contributed by atoms with E-state index >= 15 is 0 Å². The number of benzene rings is 2. The molecule has 0 atom stereocenters. The highest BCUT2D eigenvalue weighted by Gasteiger charge is 2.08. The van der Waals surface area contributed by atoms with Gasteiger partial charge in [0.05, 0.1) is 11.9 Å².